The molecule has 0 saturated heterocycles. The quantitative estimate of drug-likeness (QED) is 0.395. The van der Waals surface area contributed by atoms with E-state index in [0.29, 0.717) is 19.6 Å². The number of hydrogen-bond donors (Lipinski definition) is 1. The maximum atomic E-state index is 11.4. The minimum absolute atomic E-state index is 0.110. The zero-order chi connectivity index (χ0) is 11.1. The van der Waals surface area contributed by atoms with E-state index in [1.165, 1.54) is 0 Å². The molecule has 0 unspecified atom stereocenters. The zero-order valence-corrected chi connectivity index (χ0v) is 10.2. The van der Waals surface area contributed by atoms with E-state index in [0.717, 1.165) is 31.6 Å². The van der Waals surface area contributed by atoms with Crippen LogP contribution in [0, 0.1) is 5.41 Å². The Hall–Kier alpha value is -0.220. The van der Waals surface area contributed by atoms with E-state index in [2.05, 4.69) is 19.6 Å². The van der Waals surface area contributed by atoms with Crippen LogP contribution in [0.15, 0.2) is 0 Å². The second kappa shape index (κ2) is 6.38. The first-order chi connectivity index (χ1) is 7.22. The Kier molecular flexibility index (Phi) is 5.47. The van der Waals surface area contributed by atoms with Gasteiger partial charge in [-0.15, -0.1) is 0 Å². The van der Waals surface area contributed by atoms with Gasteiger partial charge in [0.25, 0.3) is 0 Å². The Morgan fingerprint density at radius 3 is 2.60 bits per heavy atom. The number of thiol groups is 1. The number of esters is 1. The first-order valence-corrected chi connectivity index (χ1v) is 6.20. The van der Waals surface area contributed by atoms with Crippen LogP contribution in [0.1, 0.15) is 32.6 Å². The molecule has 15 heavy (non-hydrogen) atoms. The Labute approximate surface area is 96.9 Å². The minimum atomic E-state index is -0.110. The molecule has 0 aliphatic heterocycles. The van der Waals surface area contributed by atoms with Crippen molar-refractivity contribution < 1.29 is 14.3 Å². The summed E-state index contributed by atoms with van der Waals surface area (Å²) in [6, 6.07) is 0. The number of hydrogen-bond acceptors (Lipinski definition) is 4. The van der Waals surface area contributed by atoms with Crippen LogP contribution < -0.4 is 0 Å². The van der Waals surface area contributed by atoms with Gasteiger partial charge >= 0.3 is 5.97 Å². The van der Waals surface area contributed by atoms with Crippen LogP contribution in [0.5, 0.6) is 0 Å². The topological polar surface area (TPSA) is 35.5 Å². The molecule has 3 nitrogen and oxygen atoms in total. The summed E-state index contributed by atoms with van der Waals surface area (Å²) in [5.41, 5.74) is 0.157. The Morgan fingerprint density at radius 2 is 2.07 bits per heavy atom. The molecule has 1 rings (SSSR count). The molecule has 1 aliphatic carbocycles. The summed E-state index contributed by atoms with van der Waals surface area (Å²) in [6.45, 7) is 3.67. The van der Waals surface area contributed by atoms with Crippen molar-refractivity contribution in [1.29, 1.82) is 0 Å². The average molecular weight is 232 g/mol. The van der Waals surface area contributed by atoms with Gasteiger partial charge in [0.2, 0.25) is 0 Å². The normalized spacial score (nSPS) is 17.5. The summed E-state index contributed by atoms with van der Waals surface area (Å²) < 4.78 is 10.3. The predicted molar refractivity (Wildman–Crippen MR) is 62.2 cm³/mol. The summed E-state index contributed by atoms with van der Waals surface area (Å²) in [5.74, 6) is 0.677. The lowest BCUT2D eigenvalue weighted by molar-refractivity contribution is -0.146. The molecule has 0 heterocycles. The van der Waals surface area contributed by atoms with Crippen molar-refractivity contribution >= 4 is 18.6 Å². The lowest BCUT2D eigenvalue weighted by Crippen LogP contribution is -2.16. The Bertz CT molecular complexity index is 202. The van der Waals surface area contributed by atoms with Gasteiger partial charge in [-0.25, -0.2) is 0 Å². The predicted octanol–water partition coefficient (Wildman–Crippen LogP) is 2.06. The highest BCUT2D eigenvalue weighted by Gasteiger charge is 2.43. The Balaban J connectivity index is 1.99. The monoisotopic (exact) mass is 232 g/mol. The lowest BCUT2D eigenvalue weighted by atomic mass is 10.1. The van der Waals surface area contributed by atoms with E-state index in [-0.39, 0.29) is 11.4 Å². The van der Waals surface area contributed by atoms with E-state index >= 15 is 0 Å². The van der Waals surface area contributed by atoms with Gasteiger partial charge in [-0.2, -0.15) is 12.6 Å². The van der Waals surface area contributed by atoms with Gasteiger partial charge in [0.05, 0.1) is 13.0 Å². The molecule has 0 spiro atoms. The van der Waals surface area contributed by atoms with Crippen LogP contribution in [0.2, 0.25) is 0 Å². The number of carbonyl (C=O) groups is 1. The van der Waals surface area contributed by atoms with E-state index in [1.54, 1.807) is 0 Å². The van der Waals surface area contributed by atoms with Gasteiger partial charge in [-0.3, -0.25) is 4.79 Å². The molecule has 0 amide bonds. The van der Waals surface area contributed by atoms with Gasteiger partial charge in [-0.1, -0.05) is 6.92 Å². The van der Waals surface area contributed by atoms with Crippen LogP contribution in [0.25, 0.3) is 0 Å². The van der Waals surface area contributed by atoms with Crippen LogP contribution >= 0.6 is 12.6 Å². The second-order valence-electron chi connectivity index (χ2n) is 4.17. The highest BCUT2D eigenvalue weighted by Crippen LogP contribution is 2.49. The molecule has 0 aromatic carbocycles. The maximum Gasteiger partial charge on any atom is 0.306 e. The summed E-state index contributed by atoms with van der Waals surface area (Å²) in [5, 5.41) is 0. The van der Waals surface area contributed by atoms with Gasteiger partial charge in [0.1, 0.15) is 6.61 Å². The maximum absolute atomic E-state index is 11.4. The standard InChI is InChI=1S/C11H20O3S/c1-2-5-13-6-7-14-10(12)8-11(9-15)3-4-11/h15H,2-9H2,1H3. The molecule has 0 radical (unpaired) electrons. The SMILES string of the molecule is CCCOCCOC(=O)CC1(CS)CC1. The lowest BCUT2D eigenvalue weighted by Gasteiger charge is -2.11. The summed E-state index contributed by atoms with van der Waals surface area (Å²) >= 11 is 4.24. The molecule has 1 saturated carbocycles. The van der Waals surface area contributed by atoms with Crippen molar-refractivity contribution in [3.8, 4) is 0 Å². The highest BCUT2D eigenvalue weighted by atomic mass is 32.1. The molecule has 1 fully saturated rings. The summed E-state index contributed by atoms with van der Waals surface area (Å²) in [4.78, 5) is 11.4. The van der Waals surface area contributed by atoms with Crippen molar-refractivity contribution in [2.24, 2.45) is 5.41 Å². The molecule has 0 aromatic rings. The number of ether oxygens (including phenoxy) is 2. The molecule has 0 bridgehead atoms. The molecule has 88 valence electrons. The fourth-order valence-corrected chi connectivity index (χ4v) is 1.81. The summed E-state index contributed by atoms with van der Waals surface area (Å²) in [6.07, 6.45) is 3.73. The zero-order valence-electron chi connectivity index (χ0n) is 9.33. The molecule has 0 N–H and O–H groups in total. The Morgan fingerprint density at radius 1 is 1.33 bits per heavy atom. The third-order valence-corrected chi connectivity index (χ3v) is 3.32. The smallest absolute Gasteiger partial charge is 0.306 e. The van der Waals surface area contributed by atoms with Crippen molar-refractivity contribution in [2.45, 2.75) is 32.6 Å². The fraction of sp³-hybridized carbons (Fsp3) is 0.909. The molecule has 4 heteroatoms. The number of rotatable bonds is 8. The summed E-state index contributed by atoms with van der Waals surface area (Å²) in [7, 11) is 0. The van der Waals surface area contributed by atoms with Crippen molar-refractivity contribution in [3.63, 3.8) is 0 Å². The second-order valence-corrected chi connectivity index (χ2v) is 4.48. The van der Waals surface area contributed by atoms with Gasteiger partial charge in [0, 0.05) is 6.61 Å². The largest absolute Gasteiger partial charge is 0.463 e. The molecular formula is C11H20O3S. The van der Waals surface area contributed by atoms with Crippen LogP contribution in [0.3, 0.4) is 0 Å². The van der Waals surface area contributed by atoms with E-state index in [9.17, 15) is 4.79 Å². The van der Waals surface area contributed by atoms with Crippen molar-refractivity contribution in [2.75, 3.05) is 25.6 Å². The third kappa shape index (κ3) is 4.89. The van der Waals surface area contributed by atoms with Crippen molar-refractivity contribution in [1.82, 2.24) is 0 Å². The third-order valence-electron chi connectivity index (χ3n) is 2.65. The molecular weight excluding hydrogens is 212 g/mol. The van der Waals surface area contributed by atoms with Crippen molar-refractivity contribution in [3.05, 3.63) is 0 Å². The van der Waals surface area contributed by atoms with Crippen LogP contribution in [-0.4, -0.2) is 31.5 Å². The molecule has 0 aromatic heterocycles. The minimum Gasteiger partial charge on any atom is -0.463 e. The van der Waals surface area contributed by atoms with E-state index < -0.39 is 0 Å². The first kappa shape index (κ1) is 12.8. The van der Waals surface area contributed by atoms with Crippen LogP contribution in [-0.2, 0) is 14.3 Å². The molecule has 0 atom stereocenters. The fourth-order valence-electron chi connectivity index (χ4n) is 1.39. The average Bonchev–Trinajstić information content (AvgIpc) is 2.98. The van der Waals surface area contributed by atoms with Crippen LogP contribution in [0.4, 0.5) is 0 Å². The van der Waals surface area contributed by atoms with E-state index in [4.69, 9.17) is 9.47 Å². The number of carbonyl (C=O) groups excluding carboxylic acids is 1. The van der Waals surface area contributed by atoms with Gasteiger partial charge < -0.3 is 9.47 Å². The highest BCUT2D eigenvalue weighted by molar-refractivity contribution is 7.80. The van der Waals surface area contributed by atoms with Gasteiger partial charge in [-0.05, 0) is 30.4 Å². The first-order valence-electron chi connectivity index (χ1n) is 5.57. The van der Waals surface area contributed by atoms with E-state index in [1.807, 2.05) is 0 Å². The van der Waals surface area contributed by atoms with Gasteiger partial charge in [0.15, 0.2) is 0 Å². The molecule has 1 aliphatic rings.